The van der Waals surface area contributed by atoms with E-state index in [1.807, 2.05) is 12.1 Å². The number of nitrogens with one attached hydrogen (secondary N) is 1. The molecule has 0 saturated carbocycles. The van der Waals surface area contributed by atoms with Gasteiger partial charge in [0.25, 0.3) is 0 Å². The Labute approximate surface area is 156 Å². The molecule has 2 amide bonds. The highest BCUT2D eigenvalue weighted by Gasteiger charge is 2.23. The van der Waals surface area contributed by atoms with Crippen LogP contribution in [-0.2, 0) is 13.0 Å². The number of halogens is 2. The second-order valence-electron chi connectivity index (χ2n) is 5.67. The van der Waals surface area contributed by atoms with E-state index in [2.05, 4.69) is 5.32 Å². The maximum atomic E-state index is 12.6. The molecule has 25 heavy (non-hydrogen) atoms. The van der Waals surface area contributed by atoms with Crippen molar-refractivity contribution in [2.45, 2.75) is 13.0 Å². The fourth-order valence-corrected chi connectivity index (χ4v) is 3.35. The summed E-state index contributed by atoms with van der Waals surface area (Å²) < 4.78 is 10.7. The smallest absolute Gasteiger partial charge is 0.322 e. The van der Waals surface area contributed by atoms with Crippen molar-refractivity contribution in [2.75, 3.05) is 26.1 Å². The van der Waals surface area contributed by atoms with Gasteiger partial charge in [-0.25, -0.2) is 4.79 Å². The summed E-state index contributed by atoms with van der Waals surface area (Å²) in [7, 11) is 3.21. The lowest BCUT2D eigenvalue weighted by molar-refractivity contribution is 0.206. The molecule has 0 spiro atoms. The van der Waals surface area contributed by atoms with Crippen LogP contribution in [0, 0.1) is 0 Å². The molecule has 0 aromatic heterocycles. The zero-order valence-electron chi connectivity index (χ0n) is 13.9. The number of benzene rings is 2. The van der Waals surface area contributed by atoms with Crippen molar-refractivity contribution in [3.05, 3.63) is 51.5 Å². The van der Waals surface area contributed by atoms with Gasteiger partial charge in [-0.2, -0.15) is 0 Å². The van der Waals surface area contributed by atoms with Crippen molar-refractivity contribution < 1.29 is 14.3 Å². The molecule has 1 N–H and O–H groups in total. The molecule has 1 aliphatic rings. The van der Waals surface area contributed by atoms with E-state index in [1.54, 1.807) is 37.3 Å². The fraction of sp³-hybridized carbons (Fsp3) is 0.278. The minimum absolute atomic E-state index is 0.240. The third-order valence-electron chi connectivity index (χ3n) is 4.20. The Morgan fingerprint density at radius 1 is 1.08 bits per heavy atom. The second-order valence-corrected chi connectivity index (χ2v) is 6.49. The molecule has 0 bridgehead atoms. The number of nitrogens with zero attached hydrogens (tertiary/aromatic N) is 1. The van der Waals surface area contributed by atoms with E-state index >= 15 is 0 Å². The van der Waals surface area contributed by atoms with Crippen molar-refractivity contribution in [1.29, 1.82) is 0 Å². The minimum Gasteiger partial charge on any atom is -0.493 e. The summed E-state index contributed by atoms with van der Waals surface area (Å²) in [4.78, 5) is 14.3. The van der Waals surface area contributed by atoms with E-state index < -0.39 is 0 Å². The Morgan fingerprint density at radius 3 is 2.28 bits per heavy atom. The number of hydrogen-bond donors (Lipinski definition) is 1. The normalized spacial score (nSPS) is 13.2. The van der Waals surface area contributed by atoms with E-state index in [9.17, 15) is 4.79 Å². The average Bonchev–Trinajstić information content (AvgIpc) is 2.62. The van der Waals surface area contributed by atoms with Gasteiger partial charge in [-0.3, -0.25) is 0 Å². The molecular formula is C18H18Cl2N2O3. The number of carbonyl (C=O) groups is 1. The van der Waals surface area contributed by atoms with Gasteiger partial charge in [-0.05, 0) is 41.8 Å². The summed E-state index contributed by atoms with van der Waals surface area (Å²) in [6.07, 6.45) is 0.735. The molecule has 0 radical (unpaired) electrons. The van der Waals surface area contributed by atoms with Gasteiger partial charge in [-0.15, -0.1) is 0 Å². The van der Waals surface area contributed by atoms with Crippen LogP contribution in [0.2, 0.25) is 10.0 Å². The van der Waals surface area contributed by atoms with Gasteiger partial charge in [0.1, 0.15) is 0 Å². The van der Waals surface area contributed by atoms with Crippen LogP contribution in [0.5, 0.6) is 11.5 Å². The zero-order valence-corrected chi connectivity index (χ0v) is 15.4. The molecule has 1 aliphatic heterocycles. The van der Waals surface area contributed by atoms with Gasteiger partial charge in [0.2, 0.25) is 0 Å². The van der Waals surface area contributed by atoms with Crippen LogP contribution in [0.25, 0.3) is 0 Å². The number of rotatable bonds is 3. The Bertz CT molecular complexity index is 791. The van der Waals surface area contributed by atoms with Crippen molar-refractivity contribution in [3.8, 4) is 11.5 Å². The number of hydrogen-bond acceptors (Lipinski definition) is 3. The lowest BCUT2D eigenvalue weighted by Crippen LogP contribution is -2.39. The third-order valence-corrected chi connectivity index (χ3v) is 4.83. The number of amides is 2. The van der Waals surface area contributed by atoms with E-state index in [4.69, 9.17) is 32.7 Å². The van der Waals surface area contributed by atoms with Crippen LogP contribution in [0.3, 0.4) is 0 Å². The molecule has 5 nitrogen and oxygen atoms in total. The highest BCUT2D eigenvalue weighted by molar-refractivity contribution is 6.39. The molecule has 0 atom stereocenters. The highest BCUT2D eigenvalue weighted by Crippen LogP contribution is 2.34. The summed E-state index contributed by atoms with van der Waals surface area (Å²) in [5.74, 6) is 1.35. The van der Waals surface area contributed by atoms with Gasteiger partial charge < -0.3 is 19.7 Å². The largest absolute Gasteiger partial charge is 0.493 e. The molecule has 2 aromatic carbocycles. The van der Waals surface area contributed by atoms with Gasteiger partial charge >= 0.3 is 6.03 Å². The number of urea groups is 1. The number of anilines is 1. The topological polar surface area (TPSA) is 50.8 Å². The number of para-hydroxylation sites is 1. The zero-order chi connectivity index (χ0) is 18.0. The first-order valence-electron chi connectivity index (χ1n) is 7.77. The van der Waals surface area contributed by atoms with Gasteiger partial charge in [-0.1, -0.05) is 29.3 Å². The highest BCUT2D eigenvalue weighted by atomic mass is 35.5. The van der Waals surface area contributed by atoms with Gasteiger partial charge in [0.05, 0.1) is 30.0 Å². The minimum atomic E-state index is -0.240. The van der Waals surface area contributed by atoms with E-state index in [-0.39, 0.29) is 6.03 Å². The fourth-order valence-electron chi connectivity index (χ4n) is 2.86. The Hall–Kier alpha value is -2.11. The average molecular weight is 381 g/mol. The molecule has 1 heterocycles. The Balaban J connectivity index is 1.79. The molecule has 2 aromatic rings. The van der Waals surface area contributed by atoms with E-state index in [1.165, 1.54) is 0 Å². The second kappa shape index (κ2) is 7.42. The molecule has 0 saturated heterocycles. The Morgan fingerprint density at radius 2 is 1.68 bits per heavy atom. The predicted octanol–water partition coefficient (Wildman–Crippen LogP) is 4.60. The van der Waals surface area contributed by atoms with E-state index in [0.717, 1.165) is 17.5 Å². The van der Waals surface area contributed by atoms with Crippen molar-refractivity contribution in [3.63, 3.8) is 0 Å². The number of ether oxygens (including phenoxy) is 2. The molecule has 0 unspecified atom stereocenters. The SMILES string of the molecule is COc1cc2c(cc1OC)CN(C(=O)Nc1c(Cl)cccc1Cl)CC2. The van der Waals surface area contributed by atoms with Crippen LogP contribution in [0.4, 0.5) is 10.5 Å². The van der Waals surface area contributed by atoms with Crippen LogP contribution < -0.4 is 14.8 Å². The summed E-state index contributed by atoms with van der Waals surface area (Å²) >= 11 is 12.2. The Kier molecular flexibility index (Phi) is 5.25. The molecule has 7 heteroatoms. The first kappa shape index (κ1) is 17.7. The third kappa shape index (κ3) is 3.62. The van der Waals surface area contributed by atoms with Crippen LogP contribution in [0.1, 0.15) is 11.1 Å². The van der Waals surface area contributed by atoms with Crippen molar-refractivity contribution in [1.82, 2.24) is 4.90 Å². The summed E-state index contributed by atoms with van der Waals surface area (Å²) in [5.41, 5.74) is 2.61. The lowest BCUT2D eigenvalue weighted by atomic mass is 9.99. The summed E-state index contributed by atoms with van der Waals surface area (Å²) in [6.45, 7) is 1.07. The van der Waals surface area contributed by atoms with Crippen LogP contribution >= 0.6 is 23.2 Å². The summed E-state index contributed by atoms with van der Waals surface area (Å²) in [5, 5.41) is 3.61. The standard InChI is InChI=1S/C18H18Cl2N2O3/c1-24-15-8-11-6-7-22(10-12(11)9-16(15)25-2)18(23)21-17-13(19)4-3-5-14(17)20/h3-5,8-9H,6-7,10H2,1-2H3,(H,21,23). The molecular weight excluding hydrogens is 363 g/mol. The first-order valence-corrected chi connectivity index (χ1v) is 8.52. The van der Waals surface area contributed by atoms with Crippen molar-refractivity contribution >= 4 is 34.9 Å². The molecule has 132 valence electrons. The summed E-state index contributed by atoms with van der Waals surface area (Å²) in [6, 6.07) is 8.74. The number of carbonyl (C=O) groups excluding carboxylic acids is 1. The predicted molar refractivity (Wildman–Crippen MR) is 99.1 cm³/mol. The maximum absolute atomic E-state index is 12.6. The van der Waals surface area contributed by atoms with Gasteiger partial charge in [0, 0.05) is 13.1 Å². The lowest BCUT2D eigenvalue weighted by Gasteiger charge is -2.30. The van der Waals surface area contributed by atoms with Crippen LogP contribution in [0.15, 0.2) is 30.3 Å². The van der Waals surface area contributed by atoms with E-state index in [0.29, 0.717) is 40.3 Å². The monoisotopic (exact) mass is 380 g/mol. The molecule has 0 fully saturated rings. The first-order chi connectivity index (χ1) is 12.0. The molecule has 3 rings (SSSR count). The maximum Gasteiger partial charge on any atom is 0.322 e. The number of methoxy groups -OCH3 is 2. The quantitative estimate of drug-likeness (QED) is 0.846. The molecule has 0 aliphatic carbocycles. The van der Waals surface area contributed by atoms with Crippen molar-refractivity contribution in [2.24, 2.45) is 0 Å². The number of fused-ring (bicyclic) bond motifs is 1. The van der Waals surface area contributed by atoms with Gasteiger partial charge in [0.15, 0.2) is 11.5 Å². The van der Waals surface area contributed by atoms with Crippen LogP contribution in [-0.4, -0.2) is 31.7 Å².